The van der Waals surface area contributed by atoms with Gasteiger partial charge in [-0.25, -0.2) is 0 Å². The van der Waals surface area contributed by atoms with Crippen LogP contribution in [0.1, 0.15) is 118 Å². The van der Waals surface area contributed by atoms with E-state index in [-0.39, 0.29) is 118 Å². The van der Waals surface area contributed by atoms with E-state index in [4.69, 9.17) is 5.73 Å². The van der Waals surface area contributed by atoms with E-state index < -0.39 is 90.5 Å². The molecule has 3 saturated heterocycles. The second kappa shape index (κ2) is 25.1. The van der Waals surface area contributed by atoms with Gasteiger partial charge < -0.3 is 51.2 Å². The lowest BCUT2D eigenvalue weighted by atomic mass is 9.98. The number of aryl methyl sites for hydroxylation is 1. The number of aromatic nitrogens is 3. The number of amides is 9. The van der Waals surface area contributed by atoms with Gasteiger partial charge in [-0.15, -0.1) is 0 Å². The van der Waals surface area contributed by atoms with E-state index in [0.717, 1.165) is 35.4 Å². The summed E-state index contributed by atoms with van der Waals surface area (Å²) in [5, 5.41) is 15.2. The van der Waals surface area contributed by atoms with Crippen molar-refractivity contribution in [2.24, 2.45) is 5.73 Å². The summed E-state index contributed by atoms with van der Waals surface area (Å²) in [6.07, 6.45) is 3.99. The van der Waals surface area contributed by atoms with Crippen LogP contribution in [0, 0.1) is 11.8 Å². The second-order valence-electron chi connectivity index (χ2n) is 21.6. The molecule has 446 valence electrons. The maximum atomic E-state index is 15.1. The summed E-state index contributed by atoms with van der Waals surface area (Å²) in [6, 6.07) is 21.2. The first-order valence-corrected chi connectivity index (χ1v) is 29.5. The number of hydrogen-bond donors (Lipinski definition) is 8. The number of hydrogen-bond acceptors (Lipinski definition) is 11. The molecule has 3 fully saturated rings. The first kappa shape index (κ1) is 59.8. The predicted molar refractivity (Wildman–Crippen MR) is 304 cm³/mol. The van der Waals surface area contributed by atoms with Gasteiger partial charge in [0.05, 0.1) is 17.8 Å². The Balaban J connectivity index is 0.844. The molecule has 4 aromatic carbocycles. The Morgan fingerprint density at radius 1 is 0.860 bits per heavy atom. The number of carbonyl (C=O) groups excluding carboxylic acids is 9. The van der Waals surface area contributed by atoms with Crippen molar-refractivity contribution in [3.63, 3.8) is 0 Å². The second-order valence-corrected chi connectivity index (χ2v) is 23.3. The zero-order chi connectivity index (χ0) is 61.0. The number of H-pyrrole nitrogens is 1. The Kier molecular flexibility index (Phi) is 17.4. The molecule has 0 aliphatic carbocycles. The van der Waals surface area contributed by atoms with E-state index in [1.165, 1.54) is 14.7 Å². The van der Waals surface area contributed by atoms with Gasteiger partial charge in [-0.1, -0.05) is 84.6 Å². The number of rotatable bonds is 18. The molecule has 26 heteroatoms. The summed E-state index contributed by atoms with van der Waals surface area (Å²) in [5.74, 6) is 0.844. The van der Waals surface area contributed by atoms with E-state index in [2.05, 4.69) is 43.2 Å². The van der Waals surface area contributed by atoms with Gasteiger partial charge in [0.25, 0.3) is 11.8 Å². The largest absolute Gasteiger partial charge is 0.399 e. The van der Waals surface area contributed by atoms with Crippen molar-refractivity contribution in [2.45, 2.75) is 113 Å². The van der Waals surface area contributed by atoms with Crippen LogP contribution in [0.5, 0.6) is 0 Å². The van der Waals surface area contributed by atoms with Gasteiger partial charge in [0, 0.05) is 85.3 Å². The van der Waals surface area contributed by atoms with Crippen molar-refractivity contribution >= 4 is 71.7 Å². The maximum absolute atomic E-state index is 15.1. The first-order valence-electron chi connectivity index (χ1n) is 27.9. The molecule has 23 nitrogen and oxygen atoms in total. The molecule has 5 unspecified atom stereocenters. The van der Waals surface area contributed by atoms with Gasteiger partial charge in [0.2, 0.25) is 41.4 Å². The number of imide groups is 1. The Labute approximate surface area is 490 Å². The number of carbonyl (C=O) groups is 9. The summed E-state index contributed by atoms with van der Waals surface area (Å²) in [6.45, 7) is 0.127. The lowest BCUT2D eigenvalue weighted by Crippen LogP contribution is -2.62. The van der Waals surface area contributed by atoms with Crippen LogP contribution in [0.3, 0.4) is 0 Å². The fraction of sp³-hybridized carbons (Fsp3) is 0.333. The average Bonchev–Trinajstić information content (AvgIpc) is 1.90. The number of fused-ring (bicyclic) bond motifs is 3. The molecule has 2 aromatic heterocycles. The zero-order valence-electron chi connectivity index (χ0n) is 46.1. The molecule has 4 aliphatic rings. The van der Waals surface area contributed by atoms with Gasteiger partial charge in [-0.2, -0.15) is 13.9 Å². The lowest BCUT2D eigenvalue weighted by molar-refractivity contribution is -0.145. The van der Waals surface area contributed by atoms with Crippen LogP contribution >= 0.6 is 7.60 Å². The highest BCUT2D eigenvalue weighted by atomic mass is 31.2. The standard InChI is InChI=1S/C60H60F2N11O12P/c61-60(62,86(83,84)85)40-18-20-44-39(29-40)30-46(65-44)55(78)67-47-34-70(52(76)15-8-27-71-32-35(31-64-71)16-17-36-13-7-14-42-43(36)33-72(58(42)81)48-23-25-51(75)68-56(48)79)28-26-41-19-22-49(73(41)59(47)82)57(80)66-45(21-24-50(63)74)54(77)69-53(37-9-3-1-4-10-37)38-11-5-2-6-12-38/h1-7,9-14,18,20,29-32,41,45,47-49,53,65H,8,15,19,21-28,33-34H2,(H2,63,74)(H,66,80)(H,67,78)(H,69,77)(H,68,75,79)(H2,83,84,85). The number of piperidine rings is 1. The number of alkyl halides is 2. The number of nitrogens with one attached hydrogen (secondary N) is 5. The minimum atomic E-state index is -5.95. The minimum absolute atomic E-state index is 0.0137. The fourth-order valence-electron chi connectivity index (χ4n) is 11.5. The van der Waals surface area contributed by atoms with Crippen LogP contribution in [-0.4, -0.2) is 136 Å². The maximum Gasteiger partial charge on any atom is 0.399 e. The quantitative estimate of drug-likeness (QED) is 0.0347. The monoisotopic (exact) mass is 1200 g/mol. The van der Waals surface area contributed by atoms with Crippen molar-refractivity contribution in [1.82, 2.24) is 50.7 Å². The Hall–Kier alpha value is -9.37. The van der Waals surface area contributed by atoms with Gasteiger partial charge >= 0.3 is 13.3 Å². The van der Waals surface area contributed by atoms with Gasteiger partial charge in [0.1, 0.15) is 29.9 Å². The highest BCUT2D eigenvalue weighted by Gasteiger charge is 2.51. The molecule has 4 aliphatic heterocycles. The molecule has 0 saturated carbocycles. The smallest absolute Gasteiger partial charge is 0.370 e. The molecule has 86 heavy (non-hydrogen) atoms. The van der Waals surface area contributed by atoms with E-state index in [1.54, 1.807) is 35.3 Å². The first-order chi connectivity index (χ1) is 41.1. The molecule has 5 atom stereocenters. The summed E-state index contributed by atoms with van der Waals surface area (Å²) < 4.78 is 42.8. The summed E-state index contributed by atoms with van der Waals surface area (Å²) >= 11 is 0. The molecule has 0 spiro atoms. The number of benzene rings is 4. The van der Waals surface area contributed by atoms with Gasteiger partial charge in [-0.3, -0.25) is 57.7 Å². The normalized spacial score (nSPS) is 19.2. The lowest BCUT2D eigenvalue weighted by Gasteiger charge is -2.39. The number of primary amides is 1. The zero-order valence-corrected chi connectivity index (χ0v) is 47.0. The molecule has 9 amide bonds. The van der Waals surface area contributed by atoms with E-state index >= 15 is 4.79 Å². The summed E-state index contributed by atoms with van der Waals surface area (Å²) in [5.41, 5.74) is 3.56. The minimum Gasteiger partial charge on any atom is -0.370 e. The molecule has 6 heterocycles. The van der Waals surface area contributed by atoms with Gasteiger partial charge in [0.15, 0.2) is 0 Å². The van der Waals surface area contributed by atoms with Crippen molar-refractivity contribution in [3.05, 3.63) is 160 Å². The molecule has 9 N–H and O–H groups in total. The molecular formula is C60H60F2N11O12P. The third-order valence-corrected chi connectivity index (χ3v) is 16.9. The third-order valence-electron chi connectivity index (χ3n) is 15.9. The van der Waals surface area contributed by atoms with Gasteiger partial charge in [-0.05, 0) is 85.5 Å². The molecule has 6 aromatic rings. The molecule has 10 rings (SSSR count). The average molecular weight is 1200 g/mol. The van der Waals surface area contributed by atoms with E-state index in [9.17, 15) is 61.5 Å². The Bertz CT molecular complexity index is 3750. The summed E-state index contributed by atoms with van der Waals surface area (Å²) in [7, 11) is -5.95. The SMILES string of the molecule is NC(=O)CCC(NC(=O)C1CCC2CCN(C(=O)CCCn3cc(C#Cc4cccc5c4CN(C4CCC(=O)NC4=O)C5=O)cn3)CC(NC(=O)c3cc4cc(C(F)(F)P(=O)(O)O)ccc4[nH]3)C(=O)N21)C(=O)NC(c1ccccc1)c1ccccc1. The molecule has 0 bridgehead atoms. The predicted octanol–water partition coefficient (Wildman–Crippen LogP) is 3.58. The van der Waals surface area contributed by atoms with Crippen LogP contribution in [-0.2, 0) is 56.9 Å². The van der Waals surface area contributed by atoms with Crippen molar-refractivity contribution < 1.29 is 66.3 Å². The van der Waals surface area contributed by atoms with Crippen LogP contribution < -0.4 is 27.0 Å². The van der Waals surface area contributed by atoms with Crippen molar-refractivity contribution in [2.75, 3.05) is 13.1 Å². The molecular weight excluding hydrogens is 1140 g/mol. The van der Waals surface area contributed by atoms with E-state index in [1.807, 2.05) is 60.7 Å². The van der Waals surface area contributed by atoms with E-state index in [0.29, 0.717) is 22.3 Å². The molecule has 0 radical (unpaired) electrons. The number of aromatic amines is 1. The van der Waals surface area contributed by atoms with Crippen molar-refractivity contribution in [3.8, 4) is 11.8 Å². The third kappa shape index (κ3) is 13.0. The van der Waals surface area contributed by atoms with Crippen LogP contribution in [0.25, 0.3) is 10.9 Å². The number of halogens is 2. The number of nitrogens with zero attached hydrogens (tertiary/aromatic N) is 5. The number of nitrogens with two attached hydrogens (primary N) is 1. The van der Waals surface area contributed by atoms with Crippen LogP contribution in [0.4, 0.5) is 8.78 Å². The Morgan fingerprint density at radius 2 is 1.59 bits per heavy atom. The van der Waals surface area contributed by atoms with Crippen LogP contribution in [0.15, 0.2) is 116 Å². The van der Waals surface area contributed by atoms with Crippen LogP contribution in [0.2, 0.25) is 0 Å². The highest BCUT2D eigenvalue weighted by molar-refractivity contribution is 7.52. The Morgan fingerprint density at radius 3 is 2.29 bits per heavy atom. The topological polar surface area (TPSA) is 329 Å². The highest BCUT2D eigenvalue weighted by Crippen LogP contribution is 2.59. The van der Waals surface area contributed by atoms with Crippen molar-refractivity contribution in [1.29, 1.82) is 0 Å². The summed E-state index contributed by atoms with van der Waals surface area (Å²) in [4.78, 5) is 148. The fourth-order valence-corrected chi connectivity index (χ4v) is 11.9.